The van der Waals surface area contributed by atoms with Gasteiger partial charge in [0.2, 0.25) is 0 Å². The van der Waals surface area contributed by atoms with Gasteiger partial charge < -0.3 is 15.5 Å². The highest BCUT2D eigenvalue weighted by Gasteiger charge is 2.31. The SMILES string of the molecule is CC(C)(O)C1CCC(NC(=O)c2cnc(-n3nc(CO)c4ccccc43)nc2)CC1. The number of carbonyl (C=O) groups excluding carboxylic acids is 1. The summed E-state index contributed by atoms with van der Waals surface area (Å²) >= 11 is 0. The van der Waals surface area contributed by atoms with Crippen molar-refractivity contribution >= 4 is 16.8 Å². The van der Waals surface area contributed by atoms with E-state index in [-0.39, 0.29) is 24.5 Å². The van der Waals surface area contributed by atoms with Crippen molar-refractivity contribution in [3.63, 3.8) is 0 Å². The lowest BCUT2D eigenvalue weighted by Gasteiger charge is -2.36. The van der Waals surface area contributed by atoms with Crippen molar-refractivity contribution in [2.24, 2.45) is 5.92 Å². The Hall–Kier alpha value is -2.84. The van der Waals surface area contributed by atoms with E-state index in [0.717, 1.165) is 36.6 Å². The predicted molar refractivity (Wildman–Crippen MR) is 112 cm³/mol. The zero-order valence-electron chi connectivity index (χ0n) is 17.2. The summed E-state index contributed by atoms with van der Waals surface area (Å²) in [6.45, 7) is 3.52. The number of aliphatic hydroxyl groups is 2. The minimum Gasteiger partial charge on any atom is -0.390 e. The van der Waals surface area contributed by atoms with Gasteiger partial charge in [-0.15, -0.1) is 0 Å². The second-order valence-electron chi connectivity index (χ2n) is 8.48. The molecule has 1 aliphatic rings. The Kier molecular flexibility index (Phi) is 5.53. The lowest BCUT2D eigenvalue weighted by atomic mass is 9.77. The number of hydrogen-bond donors (Lipinski definition) is 3. The number of benzene rings is 1. The quantitative estimate of drug-likeness (QED) is 0.596. The van der Waals surface area contributed by atoms with Crippen LogP contribution in [0.5, 0.6) is 0 Å². The fraction of sp³-hybridized carbons (Fsp3) is 0.455. The maximum atomic E-state index is 12.6. The molecule has 0 atom stereocenters. The molecular formula is C22H27N5O3. The molecule has 1 aliphatic carbocycles. The normalized spacial score (nSPS) is 19.7. The van der Waals surface area contributed by atoms with Crippen LogP contribution in [0.25, 0.3) is 16.9 Å². The zero-order chi connectivity index (χ0) is 21.3. The fourth-order valence-corrected chi connectivity index (χ4v) is 4.16. The van der Waals surface area contributed by atoms with Crippen LogP contribution in [0.3, 0.4) is 0 Å². The number of carbonyl (C=O) groups is 1. The van der Waals surface area contributed by atoms with Crippen molar-refractivity contribution in [3.8, 4) is 5.95 Å². The summed E-state index contributed by atoms with van der Waals surface area (Å²) in [5.74, 6) is 0.406. The third-order valence-electron chi connectivity index (χ3n) is 5.96. The molecule has 0 bridgehead atoms. The van der Waals surface area contributed by atoms with Gasteiger partial charge in [0.05, 0.1) is 29.0 Å². The minimum atomic E-state index is -0.675. The molecule has 2 aromatic heterocycles. The summed E-state index contributed by atoms with van der Waals surface area (Å²) in [7, 11) is 0. The van der Waals surface area contributed by atoms with Crippen LogP contribution in [0, 0.1) is 5.92 Å². The van der Waals surface area contributed by atoms with Crippen molar-refractivity contribution in [2.75, 3.05) is 0 Å². The summed E-state index contributed by atoms with van der Waals surface area (Å²) in [5.41, 5.74) is 1.06. The minimum absolute atomic E-state index is 0.0953. The number of nitrogens with zero attached hydrogens (tertiary/aromatic N) is 4. The smallest absolute Gasteiger partial charge is 0.254 e. The Morgan fingerprint density at radius 2 is 1.83 bits per heavy atom. The first-order chi connectivity index (χ1) is 14.4. The Bertz CT molecular complexity index is 1030. The van der Waals surface area contributed by atoms with Gasteiger partial charge >= 0.3 is 0 Å². The molecule has 1 amide bonds. The summed E-state index contributed by atoms with van der Waals surface area (Å²) in [6.07, 6.45) is 6.47. The van der Waals surface area contributed by atoms with Gasteiger partial charge in [0.25, 0.3) is 11.9 Å². The molecule has 8 heteroatoms. The van der Waals surface area contributed by atoms with Crippen LogP contribution in [0.4, 0.5) is 0 Å². The molecule has 3 N–H and O–H groups in total. The average molecular weight is 409 g/mol. The van der Waals surface area contributed by atoms with E-state index in [2.05, 4.69) is 20.4 Å². The monoisotopic (exact) mass is 409 g/mol. The van der Waals surface area contributed by atoms with Gasteiger partial charge in [0.15, 0.2) is 0 Å². The molecule has 0 spiro atoms. The molecule has 4 rings (SSSR count). The number of aliphatic hydroxyl groups excluding tert-OH is 1. The number of amides is 1. The van der Waals surface area contributed by atoms with Gasteiger partial charge in [0.1, 0.15) is 0 Å². The second-order valence-corrected chi connectivity index (χ2v) is 8.48. The summed E-state index contributed by atoms with van der Waals surface area (Å²) < 4.78 is 1.57. The maximum Gasteiger partial charge on any atom is 0.254 e. The number of rotatable bonds is 5. The molecule has 1 saturated carbocycles. The summed E-state index contributed by atoms with van der Waals surface area (Å²) in [6, 6.07) is 7.64. The highest BCUT2D eigenvalue weighted by molar-refractivity contribution is 5.93. The van der Waals surface area contributed by atoms with E-state index in [1.54, 1.807) is 4.68 Å². The Morgan fingerprint density at radius 1 is 1.17 bits per heavy atom. The third-order valence-corrected chi connectivity index (χ3v) is 5.96. The topological polar surface area (TPSA) is 113 Å². The Labute approximate surface area is 175 Å². The van der Waals surface area contributed by atoms with E-state index in [1.165, 1.54) is 12.4 Å². The van der Waals surface area contributed by atoms with Gasteiger partial charge in [0, 0.05) is 23.8 Å². The summed E-state index contributed by atoms with van der Waals surface area (Å²) in [4.78, 5) is 21.2. The van der Waals surface area contributed by atoms with E-state index >= 15 is 0 Å². The number of hydrogen-bond acceptors (Lipinski definition) is 6. The number of fused-ring (bicyclic) bond motifs is 1. The summed E-state index contributed by atoms with van der Waals surface area (Å²) in [5, 5.41) is 28.0. The van der Waals surface area contributed by atoms with E-state index in [9.17, 15) is 15.0 Å². The van der Waals surface area contributed by atoms with Crippen molar-refractivity contribution in [2.45, 2.75) is 57.8 Å². The van der Waals surface area contributed by atoms with Gasteiger partial charge in [-0.2, -0.15) is 9.78 Å². The molecule has 0 radical (unpaired) electrons. The molecule has 0 aliphatic heterocycles. The molecule has 1 fully saturated rings. The van der Waals surface area contributed by atoms with Crippen LogP contribution < -0.4 is 5.32 Å². The van der Waals surface area contributed by atoms with Crippen molar-refractivity contribution in [3.05, 3.63) is 47.9 Å². The van der Waals surface area contributed by atoms with Crippen LogP contribution in [0.15, 0.2) is 36.7 Å². The van der Waals surface area contributed by atoms with Crippen LogP contribution in [0.2, 0.25) is 0 Å². The number of aromatic nitrogens is 4. The first-order valence-electron chi connectivity index (χ1n) is 10.3. The molecule has 8 nitrogen and oxygen atoms in total. The van der Waals surface area contributed by atoms with Crippen LogP contribution in [-0.4, -0.2) is 47.5 Å². The fourth-order valence-electron chi connectivity index (χ4n) is 4.16. The van der Waals surface area contributed by atoms with Gasteiger partial charge in [-0.3, -0.25) is 4.79 Å². The highest BCUT2D eigenvalue weighted by atomic mass is 16.3. The maximum absolute atomic E-state index is 12.6. The molecule has 1 aromatic carbocycles. The van der Waals surface area contributed by atoms with Gasteiger partial charge in [-0.25, -0.2) is 9.97 Å². The van der Waals surface area contributed by atoms with Crippen LogP contribution in [0.1, 0.15) is 55.6 Å². The first kappa shape index (κ1) is 20.4. The lowest BCUT2D eigenvalue weighted by molar-refractivity contribution is -0.00257. The van der Waals surface area contributed by atoms with Gasteiger partial charge in [-0.1, -0.05) is 18.2 Å². The second kappa shape index (κ2) is 8.12. The molecule has 0 saturated heterocycles. The molecule has 2 heterocycles. The van der Waals surface area contributed by atoms with E-state index in [4.69, 9.17) is 0 Å². The van der Waals surface area contributed by atoms with Gasteiger partial charge in [-0.05, 0) is 51.5 Å². The van der Waals surface area contributed by atoms with Crippen molar-refractivity contribution in [1.82, 2.24) is 25.1 Å². The van der Waals surface area contributed by atoms with Crippen molar-refractivity contribution < 1.29 is 15.0 Å². The molecule has 3 aromatic rings. The molecule has 30 heavy (non-hydrogen) atoms. The highest BCUT2D eigenvalue weighted by Crippen LogP contribution is 2.32. The Morgan fingerprint density at radius 3 is 2.47 bits per heavy atom. The zero-order valence-corrected chi connectivity index (χ0v) is 17.2. The third kappa shape index (κ3) is 4.06. The predicted octanol–water partition coefficient (Wildman–Crippen LogP) is 2.37. The molecule has 158 valence electrons. The van der Waals surface area contributed by atoms with E-state index < -0.39 is 5.60 Å². The lowest BCUT2D eigenvalue weighted by Crippen LogP contribution is -2.41. The molecular weight excluding hydrogens is 382 g/mol. The van der Waals surface area contributed by atoms with E-state index in [1.807, 2.05) is 38.1 Å². The van der Waals surface area contributed by atoms with Crippen LogP contribution in [-0.2, 0) is 6.61 Å². The van der Waals surface area contributed by atoms with E-state index in [0.29, 0.717) is 17.2 Å². The first-order valence-corrected chi connectivity index (χ1v) is 10.3. The van der Waals surface area contributed by atoms with Crippen LogP contribution >= 0.6 is 0 Å². The Balaban J connectivity index is 1.45. The van der Waals surface area contributed by atoms with Crippen molar-refractivity contribution in [1.29, 1.82) is 0 Å². The largest absolute Gasteiger partial charge is 0.390 e. The average Bonchev–Trinajstić information content (AvgIpc) is 3.12. The molecule has 0 unspecified atom stereocenters. The number of para-hydroxylation sites is 1. The standard InChI is InChI=1S/C22H27N5O3/c1-22(2,30)15-7-9-16(10-8-15)25-20(29)14-11-23-21(24-12-14)27-19-6-4-3-5-17(19)18(13-28)26-27/h3-6,11-12,15-16,28,30H,7-10,13H2,1-2H3,(H,25,29). The number of nitrogens with one attached hydrogen (secondary N) is 1.